The average molecular weight is 455 g/mol. The minimum atomic E-state index is -2.20. The van der Waals surface area contributed by atoms with Crippen molar-refractivity contribution < 1.29 is 17.9 Å². The van der Waals surface area contributed by atoms with E-state index in [0.29, 0.717) is 10.0 Å². The molecule has 0 saturated heterocycles. The lowest BCUT2D eigenvalue weighted by molar-refractivity contribution is 0.103. The lowest BCUT2D eigenvalue weighted by Crippen LogP contribution is -2.21. The van der Waals surface area contributed by atoms with Crippen molar-refractivity contribution in [2.24, 2.45) is 0 Å². The quantitative estimate of drug-likeness (QED) is 0.498. The van der Waals surface area contributed by atoms with Gasteiger partial charge in [0.2, 0.25) is 11.3 Å². The Labute approximate surface area is 158 Å². The SMILES string of the molecule is CC(NS(=O)O)c1cc(Br)c(C(=O)c2ccc(F)cc2Cl)cc1Cl. The monoisotopic (exact) mass is 453 g/mol. The highest BCUT2D eigenvalue weighted by atomic mass is 79.9. The minimum absolute atomic E-state index is 0.00203. The highest BCUT2D eigenvalue weighted by Crippen LogP contribution is 2.32. The Kier molecular flexibility index (Phi) is 6.52. The Morgan fingerprint density at radius 2 is 1.92 bits per heavy atom. The second-order valence-corrected chi connectivity index (χ2v) is 7.30. The highest BCUT2D eigenvalue weighted by Gasteiger charge is 2.20. The summed E-state index contributed by atoms with van der Waals surface area (Å²) in [7, 11) is 0. The van der Waals surface area contributed by atoms with Crippen LogP contribution in [0.4, 0.5) is 4.39 Å². The molecule has 0 amide bonds. The van der Waals surface area contributed by atoms with Crippen LogP contribution in [0.1, 0.15) is 34.5 Å². The van der Waals surface area contributed by atoms with Gasteiger partial charge < -0.3 is 0 Å². The zero-order valence-corrected chi connectivity index (χ0v) is 16.1. The first kappa shape index (κ1) is 19.5. The molecule has 0 radical (unpaired) electrons. The molecule has 9 heteroatoms. The Bertz CT molecular complexity index is 835. The number of nitrogens with one attached hydrogen (secondary N) is 1. The normalized spacial score (nSPS) is 13.6. The molecule has 4 nitrogen and oxygen atoms in total. The molecule has 2 aromatic carbocycles. The molecule has 24 heavy (non-hydrogen) atoms. The molecule has 0 bridgehead atoms. The molecule has 0 spiro atoms. The largest absolute Gasteiger partial charge is 0.294 e. The molecule has 2 unspecified atom stereocenters. The van der Waals surface area contributed by atoms with Crippen LogP contribution in [-0.4, -0.2) is 14.5 Å². The van der Waals surface area contributed by atoms with Crippen LogP contribution in [0.25, 0.3) is 0 Å². The van der Waals surface area contributed by atoms with E-state index in [-0.39, 0.29) is 21.2 Å². The van der Waals surface area contributed by atoms with Gasteiger partial charge in [0.15, 0.2) is 5.78 Å². The van der Waals surface area contributed by atoms with Gasteiger partial charge in [0, 0.05) is 26.7 Å². The molecule has 2 aromatic rings. The Balaban J connectivity index is 2.43. The molecule has 2 atom stereocenters. The summed E-state index contributed by atoms with van der Waals surface area (Å²) >= 11 is 13.2. The molecule has 0 aliphatic heterocycles. The molecule has 0 saturated carbocycles. The lowest BCUT2D eigenvalue weighted by atomic mass is 10.00. The molecule has 2 rings (SSSR count). The Morgan fingerprint density at radius 1 is 1.25 bits per heavy atom. The van der Waals surface area contributed by atoms with Crippen molar-refractivity contribution in [1.82, 2.24) is 4.72 Å². The van der Waals surface area contributed by atoms with Crippen LogP contribution < -0.4 is 4.72 Å². The molecule has 0 aromatic heterocycles. The maximum Gasteiger partial charge on any atom is 0.232 e. The Hall–Kier alpha value is -0.830. The molecule has 128 valence electrons. The van der Waals surface area contributed by atoms with Crippen molar-refractivity contribution in [3.63, 3.8) is 0 Å². The first-order valence-electron chi connectivity index (χ1n) is 6.56. The van der Waals surface area contributed by atoms with E-state index < -0.39 is 28.9 Å². The van der Waals surface area contributed by atoms with Gasteiger partial charge in [0.1, 0.15) is 5.82 Å². The number of hydrogen-bond acceptors (Lipinski definition) is 2. The van der Waals surface area contributed by atoms with E-state index >= 15 is 0 Å². The van der Waals surface area contributed by atoms with Crippen LogP contribution >= 0.6 is 39.1 Å². The number of halogens is 4. The van der Waals surface area contributed by atoms with Crippen molar-refractivity contribution in [3.8, 4) is 0 Å². The van der Waals surface area contributed by atoms with Gasteiger partial charge in [0.05, 0.1) is 5.02 Å². The van der Waals surface area contributed by atoms with Crippen LogP contribution in [0, 0.1) is 5.82 Å². The fraction of sp³-hybridized carbons (Fsp3) is 0.133. The van der Waals surface area contributed by atoms with Gasteiger partial charge in [-0.2, -0.15) is 0 Å². The van der Waals surface area contributed by atoms with Crippen LogP contribution in [0.2, 0.25) is 10.0 Å². The highest BCUT2D eigenvalue weighted by molar-refractivity contribution is 9.10. The van der Waals surface area contributed by atoms with Crippen molar-refractivity contribution in [2.75, 3.05) is 0 Å². The molecular weight excluding hydrogens is 444 g/mol. The van der Waals surface area contributed by atoms with E-state index in [2.05, 4.69) is 20.7 Å². The fourth-order valence-electron chi connectivity index (χ4n) is 2.10. The van der Waals surface area contributed by atoms with Gasteiger partial charge in [-0.25, -0.2) is 13.3 Å². The van der Waals surface area contributed by atoms with Gasteiger partial charge >= 0.3 is 0 Å². The zero-order valence-electron chi connectivity index (χ0n) is 12.1. The van der Waals surface area contributed by atoms with Crippen molar-refractivity contribution >= 4 is 56.2 Å². The van der Waals surface area contributed by atoms with E-state index in [9.17, 15) is 13.4 Å². The predicted octanol–water partition coefficient (Wildman–Crippen LogP) is 4.91. The summed E-state index contributed by atoms with van der Waals surface area (Å²) in [6, 6.07) is 6.00. The number of carbonyl (C=O) groups is 1. The molecule has 0 aliphatic rings. The molecular formula is C15H11BrCl2FNO3S. The van der Waals surface area contributed by atoms with Crippen LogP contribution in [0.15, 0.2) is 34.8 Å². The van der Waals surface area contributed by atoms with E-state index in [4.69, 9.17) is 27.8 Å². The molecule has 0 fully saturated rings. The maximum absolute atomic E-state index is 13.1. The standard InChI is InChI=1S/C15H11BrCl2FNO3S/c1-7(20-24(22)23)10-5-12(16)11(6-14(10)18)15(21)9-3-2-8(19)4-13(9)17/h2-7,20H,1H3,(H,22,23). The number of benzene rings is 2. The molecule has 0 heterocycles. The van der Waals surface area contributed by atoms with Crippen LogP contribution in [-0.2, 0) is 11.3 Å². The zero-order chi connectivity index (χ0) is 18.0. The summed E-state index contributed by atoms with van der Waals surface area (Å²) in [5.74, 6) is -0.965. The van der Waals surface area contributed by atoms with Gasteiger partial charge in [0.25, 0.3) is 0 Å². The Morgan fingerprint density at radius 3 is 2.50 bits per heavy atom. The summed E-state index contributed by atoms with van der Waals surface area (Å²) in [6.45, 7) is 1.65. The predicted molar refractivity (Wildman–Crippen MR) is 96.3 cm³/mol. The number of ketones is 1. The van der Waals surface area contributed by atoms with Crippen molar-refractivity contribution in [3.05, 3.63) is 67.4 Å². The second kappa shape index (κ2) is 8.03. The van der Waals surface area contributed by atoms with Crippen LogP contribution in [0.3, 0.4) is 0 Å². The van der Waals surface area contributed by atoms with Gasteiger partial charge in [-0.1, -0.05) is 39.1 Å². The van der Waals surface area contributed by atoms with Crippen molar-refractivity contribution in [2.45, 2.75) is 13.0 Å². The first-order chi connectivity index (χ1) is 11.2. The summed E-state index contributed by atoms with van der Waals surface area (Å²) < 4.78 is 35.7. The fourth-order valence-corrected chi connectivity index (χ4v) is 3.65. The van der Waals surface area contributed by atoms with Crippen molar-refractivity contribution in [1.29, 1.82) is 0 Å². The third-order valence-corrected chi connectivity index (χ3v) is 5.10. The lowest BCUT2D eigenvalue weighted by Gasteiger charge is -2.15. The average Bonchev–Trinajstić information content (AvgIpc) is 2.47. The molecule has 0 aliphatic carbocycles. The van der Waals surface area contributed by atoms with E-state index in [0.717, 1.165) is 12.1 Å². The van der Waals surface area contributed by atoms with Gasteiger partial charge in [-0.15, -0.1) is 0 Å². The van der Waals surface area contributed by atoms with Gasteiger partial charge in [-0.05, 0) is 42.8 Å². The number of carbonyl (C=O) groups excluding carboxylic acids is 1. The maximum atomic E-state index is 13.1. The minimum Gasteiger partial charge on any atom is -0.294 e. The molecule has 2 N–H and O–H groups in total. The number of rotatable bonds is 5. The summed E-state index contributed by atoms with van der Waals surface area (Å²) in [5.41, 5.74) is 0.924. The topological polar surface area (TPSA) is 66.4 Å². The van der Waals surface area contributed by atoms with E-state index in [1.54, 1.807) is 13.0 Å². The van der Waals surface area contributed by atoms with E-state index in [1.165, 1.54) is 12.1 Å². The summed E-state index contributed by atoms with van der Waals surface area (Å²) in [4.78, 5) is 12.6. The third kappa shape index (κ3) is 4.41. The van der Waals surface area contributed by atoms with E-state index in [1.807, 2.05) is 0 Å². The second-order valence-electron chi connectivity index (χ2n) is 4.90. The number of hydrogen-bond donors (Lipinski definition) is 2. The first-order valence-corrected chi connectivity index (χ1v) is 9.22. The smallest absolute Gasteiger partial charge is 0.232 e. The summed E-state index contributed by atoms with van der Waals surface area (Å²) in [5, 5.41) is 0.239. The van der Waals surface area contributed by atoms with Gasteiger partial charge in [-0.3, -0.25) is 9.35 Å². The van der Waals surface area contributed by atoms with Crippen LogP contribution in [0.5, 0.6) is 0 Å². The summed E-state index contributed by atoms with van der Waals surface area (Å²) in [6.07, 6.45) is 0. The third-order valence-electron chi connectivity index (χ3n) is 3.25.